The molecule has 2 aromatic carbocycles. The molecule has 0 saturated heterocycles. The van der Waals surface area contributed by atoms with Gasteiger partial charge in [0.1, 0.15) is 5.75 Å². The predicted octanol–water partition coefficient (Wildman–Crippen LogP) is 2.18. The number of nitrogens with zero attached hydrogens (tertiary/aromatic N) is 3. The van der Waals surface area contributed by atoms with Crippen molar-refractivity contribution in [1.29, 1.82) is 0 Å². The molecule has 0 aliphatic carbocycles. The van der Waals surface area contributed by atoms with Gasteiger partial charge in [0.25, 0.3) is 0 Å². The van der Waals surface area contributed by atoms with Crippen molar-refractivity contribution in [3.05, 3.63) is 54.1 Å². The van der Waals surface area contributed by atoms with Crippen molar-refractivity contribution in [1.82, 2.24) is 9.55 Å². The number of ether oxygens (including phenoxy) is 1. The largest absolute Gasteiger partial charge is 0.493 e. The first-order chi connectivity index (χ1) is 12.6. The molecule has 8 heteroatoms. The van der Waals surface area contributed by atoms with Crippen LogP contribution in [0, 0.1) is 0 Å². The number of fused-ring (bicyclic) bond motifs is 3. The molecule has 1 aliphatic heterocycles. The third-order valence-corrected chi connectivity index (χ3v) is 4.10. The van der Waals surface area contributed by atoms with Gasteiger partial charge in [-0.15, -0.1) is 0 Å². The van der Waals surface area contributed by atoms with E-state index in [1.807, 2.05) is 41.0 Å². The Hall–Kier alpha value is -3.55. The van der Waals surface area contributed by atoms with Gasteiger partial charge in [-0.25, -0.2) is 9.98 Å². The monoisotopic (exact) mass is 351 g/mol. The number of guanidine groups is 1. The van der Waals surface area contributed by atoms with Gasteiger partial charge in [-0.1, -0.05) is 24.3 Å². The number of hydrogen-bond acceptors (Lipinski definition) is 6. The number of aliphatic carboxylic acids is 1. The van der Waals surface area contributed by atoms with Crippen LogP contribution in [-0.4, -0.2) is 33.2 Å². The fourth-order valence-corrected chi connectivity index (χ4v) is 2.93. The highest BCUT2D eigenvalue weighted by molar-refractivity contribution is 5.94. The molecule has 1 atom stereocenters. The van der Waals surface area contributed by atoms with Crippen molar-refractivity contribution in [2.45, 2.75) is 12.6 Å². The van der Waals surface area contributed by atoms with Crippen LogP contribution in [0.5, 0.6) is 5.75 Å². The molecule has 1 aromatic heterocycles. The molecule has 132 valence electrons. The van der Waals surface area contributed by atoms with Crippen LogP contribution in [0.2, 0.25) is 0 Å². The van der Waals surface area contributed by atoms with Crippen molar-refractivity contribution in [3.63, 3.8) is 0 Å². The Kier molecular flexibility index (Phi) is 3.92. The number of benzene rings is 2. The third-order valence-electron chi connectivity index (χ3n) is 4.10. The molecule has 1 aliphatic rings. The topological polar surface area (TPSA) is 115 Å². The number of aliphatic imine (C=N–C) groups is 1. The van der Waals surface area contributed by atoms with Gasteiger partial charge in [-0.3, -0.25) is 14.7 Å². The quantitative estimate of drug-likeness (QED) is 0.649. The fourth-order valence-electron chi connectivity index (χ4n) is 2.93. The molecule has 0 saturated carbocycles. The van der Waals surface area contributed by atoms with Crippen molar-refractivity contribution in [2.24, 2.45) is 10.7 Å². The molecule has 0 spiro atoms. The van der Waals surface area contributed by atoms with Crippen LogP contribution in [-0.2, 0) is 4.79 Å². The Bertz CT molecular complexity index is 994. The zero-order chi connectivity index (χ0) is 18.1. The van der Waals surface area contributed by atoms with Gasteiger partial charge in [-0.2, -0.15) is 0 Å². The van der Waals surface area contributed by atoms with Gasteiger partial charge >= 0.3 is 5.97 Å². The maximum atomic E-state index is 10.6. The molecule has 3 aromatic rings. The summed E-state index contributed by atoms with van der Waals surface area (Å²) in [5, 5.41) is 11.7. The normalized spacial score (nSPS) is 15.8. The third kappa shape index (κ3) is 2.92. The number of para-hydroxylation sites is 2. The van der Waals surface area contributed by atoms with Crippen molar-refractivity contribution in [3.8, 4) is 5.75 Å². The number of imidazole rings is 1. The van der Waals surface area contributed by atoms with E-state index in [0.29, 0.717) is 17.7 Å². The first-order valence-corrected chi connectivity index (χ1v) is 8.13. The second-order valence-corrected chi connectivity index (χ2v) is 5.87. The van der Waals surface area contributed by atoms with E-state index in [4.69, 9.17) is 15.6 Å². The van der Waals surface area contributed by atoms with Crippen molar-refractivity contribution in [2.75, 3.05) is 11.9 Å². The number of anilines is 1. The minimum atomic E-state index is -0.888. The fraction of sp³-hybridized carbons (Fsp3) is 0.167. The van der Waals surface area contributed by atoms with E-state index in [1.165, 1.54) is 0 Å². The van der Waals surface area contributed by atoms with Gasteiger partial charge < -0.3 is 15.6 Å². The van der Waals surface area contributed by atoms with Crippen LogP contribution < -0.4 is 15.8 Å². The number of rotatable bonds is 5. The van der Waals surface area contributed by atoms with Crippen molar-refractivity contribution >= 4 is 28.9 Å². The molecular formula is C18H17N5O3. The van der Waals surface area contributed by atoms with Gasteiger partial charge in [0.15, 0.2) is 12.1 Å². The second-order valence-electron chi connectivity index (χ2n) is 5.87. The first kappa shape index (κ1) is 15.9. The molecule has 0 bridgehead atoms. The van der Waals surface area contributed by atoms with E-state index in [0.717, 1.165) is 16.6 Å². The molecule has 4 N–H and O–H groups in total. The van der Waals surface area contributed by atoms with E-state index < -0.39 is 5.97 Å². The summed E-state index contributed by atoms with van der Waals surface area (Å²) >= 11 is 0. The summed E-state index contributed by atoms with van der Waals surface area (Å²) in [6.45, 7) is 0.128. The van der Waals surface area contributed by atoms with E-state index >= 15 is 0 Å². The predicted molar refractivity (Wildman–Crippen MR) is 97.3 cm³/mol. The second kappa shape index (κ2) is 6.40. The van der Waals surface area contributed by atoms with Crippen LogP contribution in [0.15, 0.2) is 53.5 Å². The number of carbonyl (C=O) groups is 1. The number of aromatic nitrogens is 2. The lowest BCUT2D eigenvalue weighted by molar-refractivity contribution is -0.137. The molecular weight excluding hydrogens is 334 g/mol. The number of nitrogens with two attached hydrogens (primary N) is 1. The average Bonchev–Trinajstić information content (AvgIpc) is 2.99. The summed E-state index contributed by atoms with van der Waals surface area (Å²) in [6.07, 6.45) is -0.381. The van der Waals surface area contributed by atoms with E-state index in [-0.39, 0.29) is 19.2 Å². The average molecular weight is 351 g/mol. The summed E-state index contributed by atoms with van der Waals surface area (Å²) in [6, 6.07) is 15.2. The van der Waals surface area contributed by atoms with Crippen LogP contribution in [0.3, 0.4) is 0 Å². The number of carboxylic acids is 1. The number of carboxylic acid groups (broad SMARTS) is 1. The minimum Gasteiger partial charge on any atom is -0.493 e. The highest BCUT2D eigenvalue weighted by Crippen LogP contribution is 2.32. The molecule has 0 radical (unpaired) electrons. The highest BCUT2D eigenvalue weighted by atomic mass is 16.5. The standard InChI is InChI=1S/C18H17N5O3/c19-17-21-16(11-5-7-12(8-6-11)26-10-9-15(24)25)23-14-4-2-1-3-13(14)20-18(23)22-17/h1-8,16H,9-10H2,(H,24,25)(H3,19,20,21,22)/t16-/m1/s1. The summed E-state index contributed by atoms with van der Waals surface area (Å²) in [7, 11) is 0. The number of hydrogen-bond donors (Lipinski definition) is 3. The van der Waals surface area contributed by atoms with Crippen LogP contribution >= 0.6 is 0 Å². The van der Waals surface area contributed by atoms with Gasteiger partial charge in [0.05, 0.1) is 24.1 Å². The Morgan fingerprint density at radius 2 is 2.00 bits per heavy atom. The molecule has 8 nitrogen and oxygen atoms in total. The van der Waals surface area contributed by atoms with Crippen LogP contribution in [0.25, 0.3) is 11.0 Å². The SMILES string of the molecule is NC1=N[C@@H](c2ccc(OCCC(=O)O)cc2)n2c(nc3ccccc32)N1. The Labute approximate surface area is 148 Å². The lowest BCUT2D eigenvalue weighted by Crippen LogP contribution is -2.31. The number of nitrogens with one attached hydrogen (secondary N) is 1. The summed E-state index contributed by atoms with van der Waals surface area (Å²) in [5.74, 6) is 0.669. The highest BCUT2D eigenvalue weighted by Gasteiger charge is 2.24. The Balaban J connectivity index is 1.65. The minimum absolute atomic E-state index is 0.0404. The van der Waals surface area contributed by atoms with E-state index in [9.17, 15) is 4.79 Å². The van der Waals surface area contributed by atoms with Crippen LogP contribution in [0.4, 0.5) is 5.95 Å². The summed E-state index contributed by atoms with van der Waals surface area (Å²) in [4.78, 5) is 19.6. The lowest BCUT2D eigenvalue weighted by atomic mass is 10.1. The zero-order valence-electron chi connectivity index (χ0n) is 13.8. The Morgan fingerprint density at radius 3 is 2.77 bits per heavy atom. The molecule has 0 fully saturated rings. The first-order valence-electron chi connectivity index (χ1n) is 8.13. The van der Waals surface area contributed by atoms with Crippen LogP contribution in [0.1, 0.15) is 18.2 Å². The Morgan fingerprint density at radius 1 is 1.23 bits per heavy atom. The summed E-state index contributed by atoms with van der Waals surface area (Å²) in [5.41, 5.74) is 8.67. The molecule has 26 heavy (non-hydrogen) atoms. The zero-order valence-corrected chi connectivity index (χ0v) is 13.8. The van der Waals surface area contributed by atoms with E-state index in [2.05, 4.69) is 15.3 Å². The lowest BCUT2D eigenvalue weighted by Gasteiger charge is -2.24. The van der Waals surface area contributed by atoms with Gasteiger partial charge in [0, 0.05) is 0 Å². The smallest absolute Gasteiger partial charge is 0.306 e. The summed E-state index contributed by atoms with van der Waals surface area (Å²) < 4.78 is 7.42. The van der Waals surface area contributed by atoms with E-state index in [1.54, 1.807) is 12.1 Å². The van der Waals surface area contributed by atoms with Gasteiger partial charge in [0.2, 0.25) is 5.95 Å². The maximum absolute atomic E-state index is 10.6. The molecule has 0 amide bonds. The van der Waals surface area contributed by atoms with Crippen molar-refractivity contribution < 1.29 is 14.6 Å². The maximum Gasteiger partial charge on any atom is 0.306 e. The van der Waals surface area contributed by atoms with Gasteiger partial charge in [-0.05, 0) is 29.8 Å². The molecule has 0 unspecified atom stereocenters. The molecule has 4 rings (SSSR count). The molecule has 2 heterocycles.